The fourth-order valence-electron chi connectivity index (χ4n) is 1.76. The van der Waals surface area contributed by atoms with Gasteiger partial charge in [0.1, 0.15) is 0 Å². The number of nitrogens with zero attached hydrogens (tertiary/aromatic N) is 3. The van der Waals surface area contributed by atoms with Crippen molar-refractivity contribution in [3.8, 4) is 6.01 Å². The normalized spacial score (nSPS) is 16.6. The molecule has 1 fully saturated rings. The van der Waals surface area contributed by atoms with Crippen LogP contribution in [-0.4, -0.2) is 73.0 Å². The Morgan fingerprint density at radius 1 is 1.48 bits per heavy atom. The minimum Gasteiger partial charge on any atom is -0.466 e. The van der Waals surface area contributed by atoms with Crippen molar-refractivity contribution in [1.82, 2.24) is 19.5 Å². The van der Waals surface area contributed by atoms with Gasteiger partial charge in [0.2, 0.25) is 21.9 Å². The van der Waals surface area contributed by atoms with Crippen LogP contribution in [0.4, 0.5) is 5.95 Å². The summed E-state index contributed by atoms with van der Waals surface area (Å²) in [6.45, 7) is 1.40. The number of hydrogen-bond donors (Lipinski definition) is 2. The molecule has 0 aliphatic carbocycles. The number of carbonyl (C=O) groups is 1. The highest BCUT2D eigenvalue weighted by Gasteiger charge is 2.25. The summed E-state index contributed by atoms with van der Waals surface area (Å²) < 4.78 is 35.2. The third kappa shape index (κ3) is 4.37. The summed E-state index contributed by atoms with van der Waals surface area (Å²) in [5.41, 5.74) is 0. The highest BCUT2D eigenvalue weighted by atomic mass is 32.2. The zero-order valence-corrected chi connectivity index (χ0v) is 12.4. The Morgan fingerprint density at radius 3 is 2.81 bits per heavy atom. The second kappa shape index (κ2) is 6.83. The fourth-order valence-corrected chi connectivity index (χ4v) is 3.17. The van der Waals surface area contributed by atoms with E-state index in [0.29, 0.717) is 26.3 Å². The number of methoxy groups -OCH3 is 1. The maximum Gasteiger partial charge on any atom is 0.336 e. The number of morpholine rings is 1. The zero-order valence-electron chi connectivity index (χ0n) is 11.5. The topological polar surface area (TPSA) is 127 Å². The molecule has 0 atom stereocenters. The molecular formula is C10H17N5O5S. The molecule has 2 heterocycles. The molecule has 2 rings (SSSR count). The van der Waals surface area contributed by atoms with E-state index in [9.17, 15) is 13.2 Å². The molecule has 1 aromatic rings. The summed E-state index contributed by atoms with van der Waals surface area (Å²) in [5, 5.41) is 8.53. The third-order valence-electron chi connectivity index (χ3n) is 2.86. The summed E-state index contributed by atoms with van der Waals surface area (Å²) >= 11 is 0. The van der Waals surface area contributed by atoms with Crippen LogP contribution in [-0.2, 0) is 19.6 Å². The highest BCUT2D eigenvalue weighted by molar-refractivity contribution is 7.89. The van der Waals surface area contributed by atoms with Crippen LogP contribution in [0.5, 0.6) is 6.01 Å². The maximum absolute atomic E-state index is 12.0. The van der Waals surface area contributed by atoms with Gasteiger partial charge >= 0.3 is 6.01 Å². The molecule has 21 heavy (non-hydrogen) atoms. The number of carbonyl (C=O) groups excluding carboxylic acids is 1. The van der Waals surface area contributed by atoms with E-state index in [0.717, 1.165) is 0 Å². The first-order valence-corrected chi connectivity index (χ1v) is 7.94. The number of sulfonamides is 1. The Balaban J connectivity index is 1.82. The maximum atomic E-state index is 12.0. The molecule has 1 aliphatic heterocycles. The van der Waals surface area contributed by atoms with Gasteiger partial charge in [0.25, 0.3) is 0 Å². The van der Waals surface area contributed by atoms with E-state index in [1.807, 2.05) is 0 Å². The Hall–Kier alpha value is -1.72. The van der Waals surface area contributed by atoms with E-state index in [2.05, 4.69) is 20.5 Å². The number of nitrogens with one attached hydrogen (secondary N) is 2. The molecule has 2 N–H and O–H groups in total. The molecule has 0 spiro atoms. The monoisotopic (exact) mass is 319 g/mol. The van der Waals surface area contributed by atoms with Gasteiger partial charge in [0, 0.05) is 19.5 Å². The number of ether oxygens (including phenoxy) is 2. The van der Waals surface area contributed by atoms with Gasteiger partial charge < -0.3 is 9.47 Å². The number of aromatic amines is 1. The highest BCUT2D eigenvalue weighted by Crippen LogP contribution is 2.08. The summed E-state index contributed by atoms with van der Waals surface area (Å²) in [6.07, 6.45) is -0.164. The fraction of sp³-hybridized carbons (Fsp3) is 0.700. The first-order chi connectivity index (χ1) is 10.0. The number of H-pyrrole nitrogens is 1. The van der Waals surface area contributed by atoms with E-state index in [1.54, 1.807) is 0 Å². The van der Waals surface area contributed by atoms with Crippen molar-refractivity contribution in [3.05, 3.63) is 0 Å². The van der Waals surface area contributed by atoms with Crippen LogP contribution >= 0.6 is 0 Å². The van der Waals surface area contributed by atoms with Crippen molar-refractivity contribution < 1.29 is 22.7 Å². The largest absolute Gasteiger partial charge is 0.466 e. The lowest BCUT2D eigenvalue weighted by Gasteiger charge is -2.25. The van der Waals surface area contributed by atoms with E-state index in [4.69, 9.17) is 9.47 Å². The van der Waals surface area contributed by atoms with E-state index < -0.39 is 15.9 Å². The number of anilines is 1. The summed E-state index contributed by atoms with van der Waals surface area (Å²) in [6, 6.07) is 0.0891. The van der Waals surface area contributed by atoms with E-state index in [-0.39, 0.29) is 24.1 Å². The van der Waals surface area contributed by atoms with Gasteiger partial charge in [-0.05, 0) is 0 Å². The van der Waals surface area contributed by atoms with Crippen LogP contribution in [0.1, 0.15) is 6.42 Å². The molecule has 0 unspecified atom stereocenters. The van der Waals surface area contributed by atoms with Crippen LogP contribution in [0.3, 0.4) is 0 Å². The predicted octanol–water partition coefficient (Wildman–Crippen LogP) is -1.20. The molecule has 0 aromatic carbocycles. The first-order valence-electron chi connectivity index (χ1n) is 6.33. The number of rotatable bonds is 6. The molecule has 0 bridgehead atoms. The molecule has 10 nitrogen and oxygen atoms in total. The summed E-state index contributed by atoms with van der Waals surface area (Å²) in [7, 11) is -2.06. The van der Waals surface area contributed by atoms with Gasteiger partial charge in [0.15, 0.2) is 0 Å². The van der Waals surface area contributed by atoms with Crippen LogP contribution in [0.25, 0.3) is 0 Å². The van der Waals surface area contributed by atoms with Crippen molar-refractivity contribution >= 4 is 21.9 Å². The zero-order chi connectivity index (χ0) is 15.3. The van der Waals surface area contributed by atoms with Crippen molar-refractivity contribution in [2.45, 2.75) is 6.42 Å². The van der Waals surface area contributed by atoms with Crippen molar-refractivity contribution in [2.24, 2.45) is 0 Å². The van der Waals surface area contributed by atoms with Crippen molar-refractivity contribution in [1.29, 1.82) is 0 Å². The Morgan fingerprint density at radius 2 is 2.19 bits per heavy atom. The van der Waals surface area contributed by atoms with E-state index in [1.165, 1.54) is 11.4 Å². The van der Waals surface area contributed by atoms with Crippen LogP contribution in [0.15, 0.2) is 0 Å². The van der Waals surface area contributed by atoms with Gasteiger partial charge in [0.05, 0.1) is 26.1 Å². The standard InChI is InChI=1S/C10H17N5O5S/c1-19-10-12-9(13-14-10)11-8(16)2-7-21(17,18)15-3-5-20-6-4-15/h2-7H2,1H3,(H2,11,12,13,14,16). The van der Waals surface area contributed by atoms with Gasteiger partial charge in [-0.15, -0.1) is 5.10 Å². The smallest absolute Gasteiger partial charge is 0.336 e. The Labute approximate surface area is 121 Å². The average molecular weight is 319 g/mol. The minimum absolute atomic E-state index is 0.0891. The molecule has 0 radical (unpaired) electrons. The second-order valence-electron chi connectivity index (χ2n) is 4.30. The summed E-state index contributed by atoms with van der Waals surface area (Å²) in [4.78, 5) is 15.5. The Bertz CT molecular complexity index is 580. The number of amides is 1. The van der Waals surface area contributed by atoms with Crippen molar-refractivity contribution in [2.75, 3.05) is 44.5 Å². The summed E-state index contributed by atoms with van der Waals surface area (Å²) in [5.74, 6) is -0.615. The Kier molecular flexibility index (Phi) is 5.09. The molecule has 118 valence electrons. The molecular weight excluding hydrogens is 302 g/mol. The lowest BCUT2D eigenvalue weighted by Crippen LogP contribution is -2.42. The van der Waals surface area contributed by atoms with Crippen LogP contribution in [0.2, 0.25) is 0 Å². The van der Waals surface area contributed by atoms with Crippen LogP contribution < -0.4 is 10.1 Å². The third-order valence-corrected chi connectivity index (χ3v) is 4.73. The quantitative estimate of drug-likeness (QED) is 0.674. The van der Waals surface area contributed by atoms with Gasteiger partial charge in [-0.2, -0.15) is 9.29 Å². The second-order valence-corrected chi connectivity index (χ2v) is 6.38. The van der Waals surface area contributed by atoms with Gasteiger partial charge in [-0.3, -0.25) is 10.1 Å². The molecule has 1 aromatic heterocycles. The van der Waals surface area contributed by atoms with Gasteiger partial charge in [-0.1, -0.05) is 0 Å². The molecule has 11 heteroatoms. The molecule has 1 saturated heterocycles. The van der Waals surface area contributed by atoms with Crippen molar-refractivity contribution in [3.63, 3.8) is 0 Å². The SMILES string of the molecule is COc1n[nH]c(NC(=O)CCS(=O)(=O)N2CCOCC2)n1. The minimum atomic E-state index is -3.45. The average Bonchev–Trinajstić information content (AvgIpc) is 2.94. The molecule has 1 aliphatic rings. The molecule has 1 amide bonds. The van der Waals surface area contributed by atoms with Crippen LogP contribution in [0, 0.1) is 0 Å². The molecule has 0 saturated carbocycles. The lowest BCUT2D eigenvalue weighted by molar-refractivity contribution is -0.115. The first kappa shape index (κ1) is 15.7. The predicted molar refractivity (Wildman–Crippen MR) is 72.4 cm³/mol. The van der Waals surface area contributed by atoms with E-state index >= 15 is 0 Å². The number of aromatic nitrogens is 3. The lowest BCUT2D eigenvalue weighted by atomic mass is 10.4. The van der Waals surface area contributed by atoms with Gasteiger partial charge in [-0.25, -0.2) is 13.5 Å². The number of hydrogen-bond acceptors (Lipinski definition) is 7.